The average Bonchev–Trinajstić information content (AvgIpc) is 2.70. The molecule has 92 valence electrons. The number of nitrogens with zero attached hydrogens (tertiary/aromatic N) is 1. The summed E-state index contributed by atoms with van der Waals surface area (Å²) in [5.74, 6) is 0. The van der Waals surface area contributed by atoms with E-state index in [0.717, 1.165) is 18.8 Å². The standard InChI is InChI=1S/C11H13Cl2N3O/c12-8-1-2-9(13)10(7-8)14-3-5-16-6-4-15-11(16)17/h1-2,7,14H,3-6H2,(H,15,17). The predicted molar refractivity (Wildman–Crippen MR) is 69.9 cm³/mol. The fourth-order valence-electron chi connectivity index (χ4n) is 1.68. The van der Waals surface area contributed by atoms with Crippen LogP contribution in [-0.2, 0) is 0 Å². The highest BCUT2D eigenvalue weighted by atomic mass is 35.5. The summed E-state index contributed by atoms with van der Waals surface area (Å²) in [4.78, 5) is 13.0. The number of benzene rings is 1. The van der Waals surface area contributed by atoms with Gasteiger partial charge >= 0.3 is 6.03 Å². The van der Waals surface area contributed by atoms with Gasteiger partial charge in [-0.25, -0.2) is 4.79 Å². The first-order chi connectivity index (χ1) is 8.16. The molecule has 2 rings (SSSR count). The molecule has 0 bridgehead atoms. The lowest BCUT2D eigenvalue weighted by atomic mass is 10.3. The number of carbonyl (C=O) groups is 1. The number of amides is 2. The Balaban J connectivity index is 1.85. The molecule has 2 amide bonds. The van der Waals surface area contributed by atoms with Gasteiger partial charge in [-0.15, -0.1) is 0 Å². The van der Waals surface area contributed by atoms with Crippen molar-refractivity contribution in [2.24, 2.45) is 0 Å². The van der Waals surface area contributed by atoms with Crippen LogP contribution in [0.3, 0.4) is 0 Å². The summed E-state index contributed by atoms with van der Waals surface area (Å²) in [6, 6.07) is 5.25. The van der Waals surface area contributed by atoms with Crippen molar-refractivity contribution >= 4 is 34.9 Å². The quantitative estimate of drug-likeness (QED) is 0.885. The number of rotatable bonds is 4. The van der Waals surface area contributed by atoms with Crippen molar-refractivity contribution < 1.29 is 4.79 Å². The van der Waals surface area contributed by atoms with Crippen LogP contribution in [0.4, 0.5) is 10.5 Å². The summed E-state index contributed by atoms with van der Waals surface area (Å²) in [6.07, 6.45) is 0. The number of urea groups is 1. The smallest absolute Gasteiger partial charge is 0.317 e. The molecule has 1 aliphatic heterocycles. The highest BCUT2D eigenvalue weighted by molar-refractivity contribution is 6.35. The second kappa shape index (κ2) is 5.47. The van der Waals surface area contributed by atoms with Gasteiger partial charge in [0.05, 0.1) is 10.7 Å². The van der Waals surface area contributed by atoms with E-state index in [1.165, 1.54) is 0 Å². The summed E-state index contributed by atoms with van der Waals surface area (Å²) < 4.78 is 0. The number of hydrogen-bond acceptors (Lipinski definition) is 2. The number of nitrogens with one attached hydrogen (secondary N) is 2. The third-order valence-corrected chi connectivity index (χ3v) is 3.14. The largest absolute Gasteiger partial charge is 0.382 e. The summed E-state index contributed by atoms with van der Waals surface area (Å²) >= 11 is 11.9. The lowest BCUT2D eigenvalue weighted by Crippen LogP contribution is -2.32. The molecule has 0 atom stereocenters. The minimum absolute atomic E-state index is 0.0102. The lowest BCUT2D eigenvalue weighted by molar-refractivity contribution is 0.219. The van der Waals surface area contributed by atoms with E-state index in [1.54, 1.807) is 23.1 Å². The third kappa shape index (κ3) is 3.17. The number of carbonyl (C=O) groups excluding carboxylic acids is 1. The Bertz CT molecular complexity index is 425. The lowest BCUT2D eigenvalue weighted by Gasteiger charge is -2.15. The Morgan fingerprint density at radius 3 is 2.94 bits per heavy atom. The molecular formula is C11H13Cl2N3O. The van der Waals surface area contributed by atoms with Crippen LogP contribution in [0.25, 0.3) is 0 Å². The van der Waals surface area contributed by atoms with E-state index < -0.39 is 0 Å². The minimum atomic E-state index is -0.0102. The Morgan fingerprint density at radius 2 is 2.24 bits per heavy atom. The van der Waals surface area contributed by atoms with Crippen molar-refractivity contribution in [3.63, 3.8) is 0 Å². The predicted octanol–water partition coefficient (Wildman–Crippen LogP) is 2.43. The zero-order valence-corrected chi connectivity index (χ0v) is 10.7. The summed E-state index contributed by atoms with van der Waals surface area (Å²) in [5, 5.41) is 7.17. The second-order valence-electron chi connectivity index (χ2n) is 3.77. The molecule has 1 heterocycles. The van der Waals surface area contributed by atoms with Gasteiger partial charge < -0.3 is 15.5 Å². The molecule has 1 aromatic rings. The normalized spacial score (nSPS) is 14.9. The van der Waals surface area contributed by atoms with Crippen molar-refractivity contribution in [3.8, 4) is 0 Å². The molecule has 17 heavy (non-hydrogen) atoms. The number of anilines is 1. The van der Waals surface area contributed by atoms with Gasteiger partial charge in [0.15, 0.2) is 0 Å². The van der Waals surface area contributed by atoms with Crippen molar-refractivity contribution in [2.75, 3.05) is 31.5 Å². The summed E-state index contributed by atoms with van der Waals surface area (Å²) in [5.41, 5.74) is 0.791. The van der Waals surface area contributed by atoms with Gasteiger partial charge in [-0.3, -0.25) is 0 Å². The maximum atomic E-state index is 11.3. The monoisotopic (exact) mass is 273 g/mol. The molecular weight excluding hydrogens is 261 g/mol. The molecule has 0 saturated carbocycles. The van der Waals surface area contributed by atoms with Gasteiger partial charge in [0.2, 0.25) is 0 Å². The molecule has 0 radical (unpaired) electrons. The van der Waals surface area contributed by atoms with Gasteiger partial charge in [-0.2, -0.15) is 0 Å². The molecule has 0 unspecified atom stereocenters. The second-order valence-corrected chi connectivity index (χ2v) is 4.61. The van der Waals surface area contributed by atoms with Gasteiger partial charge in [0.25, 0.3) is 0 Å². The van der Waals surface area contributed by atoms with Gasteiger partial charge in [0.1, 0.15) is 0 Å². The van der Waals surface area contributed by atoms with Crippen LogP contribution >= 0.6 is 23.2 Å². The van der Waals surface area contributed by atoms with E-state index in [1.807, 2.05) is 0 Å². The molecule has 1 aliphatic rings. The van der Waals surface area contributed by atoms with E-state index >= 15 is 0 Å². The third-order valence-electron chi connectivity index (χ3n) is 2.57. The average molecular weight is 274 g/mol. The van der Waals surface area contributed by atoms with Crippen molar-refractivity contribution in [1.29, 1.82) is 0 Å². The Labute approximate surface area is 110 Å². The Hall–Kier alpha value is -1.13. The maximum Gasteiger partial charge on any atom is 0.317 e. The van der Waals surface area contributed by atoms with Crippen LogP contribution in [0.1, 0.15) is 0 Å². The zero-order chi connectivity index (χ0) is 12.3. The van der Waals surface area contributed by atoms with Crippen LogP contribution in [0.2, 0.25) is 10.0 Å². The Kier molecular flexibility index (Phi) is 3.97. The molecule has 1 fully saturated rings. The maximum absolute atomic E-state index is 11.3. The molecule has 1 aromatic carbocycles. The fraction of sp³-hybridized carbons (Fsp3) is 0.364. The van der Waals surface area contributed by atoms with E-state index in [-0.39, 0.29) is 6.03 Å². The first kappa shape index (κ1) is 12.3. The van der Waals surface area contributed by atoms with E-state index in [4.69, 9.17) is 23.2 Å². The molecule has 6 heteroatoms. The molecule has 0 aromatic heterocycles. The fourth-order valence-corrected chi connectivity index (χ4v) is 2.04. The van der Waals surface area contributed by atoms with Gasteiger partial charge in [-0.05, 0) is 18.2 Å². The Morgan fingerprint density at radius 1 is 1.41 bits per heavy atom. The molecule has 1 saturated heterocycles. The number of hydrogen-bond donors (Lipinski definition) is 2. The van der Waals surface area contributed by atoms with Crippen molar-refractivity contribution in [3.05, 3.63) is 28.2 Å². The van der Waals surface area contributed by atoms with E-state index in [2.05, 4.69) is 10.6 Å². The van der Waals surface area contributed by atoms with Crippen LogP contribution in [0.5, 0.6) is 0 Å². The molecule has 4 nitrogen and oxygen atoms in total. The van der Waals surface area contributed by atoms with Gasteiger partial charge in [0, 0.05) is 31.2 Å². The summed E-state index contributed by atoms with van der Waals surface area (Å²) in [7, 11) is 0. The molecule has 2 N–H and O–H groups in total. The highest BCUT2D eigenvalue weighted by Gasteiger charge is 2.18. The first-order valence-electron chi connectivity index (χ1n) is 5.38. The van der Waals surface area contributed by atoms with E-state index in [0.29, 0.717) is 23.1 Å². The van der Waals surface area contributed by atoms with Crippen LogP contribution < -0.4 is 10.6 Å². The minimum Gasteiger partial charge on any atom is -0.382 e. The van der Waals surface area contributed by atoms with Crippen LogP contribution in [-0.4, -0.2) is 37.1 Å². The number of halogens is 2. The highest BCUT2D eigenvalue weighted by Crippen LogP contribution is 2.25. The zero-order valence-electron chi connectivity index (χ0n) is 9.17. The van der Waals surface area contributed by atoms with Crippen molar-refractivity contribution in [2.45, 2.75) is 0 Å². The summed E-state index contributed by atoms with van der Waals surface area (Å²) in [6.45, 7) is 2.77. The van der Waals surface area contributed by atoms with Crippen molar-refractivity contribution in [1.82, 2.24) is 10.2 Å². The first-order valence-corrected chi connectivity index (χ1v) is 6.14. The SMILES string of the molecule is O=C1NCCN1CCNc1cc(Cl)ccc1Cl. The van der Waals surface area contributed by atoms with Gasteiger partial charge in [-0.1, -0.05) is 23.2 Å². The van der Waals surface area contributed by atoms with Crippen LogP contribution in [0, 0.1) is 0 Å². The molecule has 0 spiro atoms. The topological polar surface area (TPSA) is 44.4 Å². The van der Waals surface area contributed by atoms with E-state index in [9.17, 15) is 4.79 Å². The van der Waals surface area contributed by atoms with Crippen LogP contribution in [0.15, 0.2) is 18.2 Å². The molecule has 0 aliphatic carbocycles.